The Labute approximate surface area is 71.2 Å². The van der Waals surface area contributed by atoms with Crippen LogP contribution < -0.4 is 0 Å². The van der Waals surface area contributed by atoms with Gasteiger partial charge in [-0.25, -0.2) is 0 Å². The van der Waals surface area contributed by atoms with Crippen molar-refractivity contribution in [1.82, 2.24) is 0 Å². The molecular formula is C10H10O2. The van der Waals surface area contributed by atoms with Crippen LogP contribution >= 0.6 is 0 Å². The van der Waals surface area contributed by atoms with Crippen molar-refractivity contribution in [1.29, 1.82) is 0 Å². The van der Waals surface area contributed by atoms with E-state index in [0.717, 1.165) is 11.1 Å². The molecule has 1 aromatic carbocycles. The van der Waals surface area contributed by atoms with Gasteiger partial charge in [-0.05, 0) is 25.5 Å². The summed E-state index contributed by atoms with van der Waals surface area (Å²) in [7, 11) is 0. The fraction of sp³-hybridized carbons (Fsp3) is 0.200. The molecule has 0 aliphatic rings. The molecule has 12 heavy (non-hydrogen) atoms. The van der Waals surface area contributed by atoms with E-state index >= 15 is 0 Å². The first-order valence-corrected chi connectivity index (χ1v) is 3.72. The minimum absolute atomic E-state index is 0.349. The fourth-order valence-electron chi connectivity index (χ4n) is 1.06. The monoisotopic (exact) mass is 162 g/mol. The van der Waals surface area contributed by atoms with E-state index in [9.17, 15) is 9.59 Å². The fourth-order valence-corrected chi connectivity index (χ4v) is 1.06. The van der Waals surface area contributed by atoms with Crippen LogP contribution in [0.25, 0.3) is 0 Å². The van der Waals surface area contributed by atoms with Gasteiger partial charge in [0.05, 0.1) is 0 Å². The van der Waals surface area contributed by atoms with Crippen molar-refractivity contribution in [2.45, 2.75) is 13.8 Å². The van der Waals surface area contributed by atoms with Crippen LogP contribution in [0, 0.1) is 13.8 Å². The number of carbonyl (C=O) groups excluding carboxylic acids is 2. The lowest BCUT2D eigenvalue weighted by Gasteiger charge is -2.00. The number of benzene rings is 1. The molecule has 0 fully saturated rings. The Balaban J connectivity index is 3.22. The van der Waals surface area contributed by atoms with Crippen LogP contribution in [0.4, 0.5) is 0 Å². The largest absolute Gasteiger partial charge is 0.294 e. The lowest BCUT2D eigenvalue weighted by atomic mass is 10.0. The zero-order chi connectivity index (χ0) is 9.14. The third-order valence-corrected chi connectivity index (χ3v) is 1.77. The SMILES string of the molecule is Cc1ccc(C)c(C(=O)C=O)c1. The molecule has 0 saturated heterocycles. The van der Waals surface area contributed by atoms with Crippen LogP contribution in [-0.4, -0.2) is 12.1 Å². The first-order valence-electron chi connectivity index (χ1n) is 3.72. The van der Waals surface area contributed by atoms with E-state index in [1.807, 2.05) is 26.0 Å². The maximum atomic E-state index is 11.0. The van der Waals surface area contributed by atoms with E-state index in [1.54, 1.807) is 6.07 Å². The minimum Gasteiger partial charge on any atom is -0.294 e. The lowest BCUT2D eigenvalue weighted by molar-refractivity contribution is -0.104. The maximum absolute atomic E-state index is 11.0. The van der Waals surface area contributed by atoms with Crippen molar-refractivity contribution in [2.75, 3.05) is 0 Å². The molecule has 0 aromatic heterocycles. The van der Waals surface area contributed by atoms with Gasteiger partial charge in [0, 0.05) is 5.56 Å². The molecule has 0 aliphatic carbocycles. The second kappa shape index (κ2) is 3.30. The molecule has 0 aliphatic heterocycles. The Morgan fingerprint density at radius 2 is 2.00 bits per heavy atom. The molecular weight excluding hydrogens is 152 g/mol. The van der Waals surface area contributed by atoms with Crippen molar-refractivity contribution < 1.29 is 9.59 Å². The lowest BCUT2D eigenvalue weighted by Crippen LogP contribution is -2.02. The maximum Gasteiger partial charge on any atom is 0.225 e. The summed E-state index contributed by atoms with van der Waals surface area (Å²) in [6.45, 7) is 3.71. The average molecular weight is 162 g/mol. The van der Waals surface area contributed by atoms with Crippen molar-refractivity contribution in [3.05, 3.63) is 34.9 Å². The molecule has 0 unspecified atom stereocenters. The average Bonchev–Trinajstić information content (AvgIpc) is 2.08. The van der Waals surface area contributed by atoms with Gasteiger partial charge >= 0.3 is 0 Å². The highest BCUT2D eigenvalue weighted by atomic mass is 16.2. The van der Waals surface area contributed by atoms with Gasteiger partial charge in [-0.15, -0.1) is 0 Å². The number of rotatable bonds is 2. The minimum atomic E-state index is -0.448. The Hall–Kier alpha value is -1.44. The quantitative estimate of drug-likeness (QED) is 0.376. The van der Waals surface area contributed by atoms with Gasteiger partial charge < -0.3 is 0 Å². The van der Waals surface area contributed by atoms with Gasteiger partial charge in [-0.1, -0.05) is 17.7 Å². The van der Waals surface area contributed by atoms with E-state index in [-0.39, 0.29) is 0 Å². The zero-order valence-electron chi connectivity index (χ0n) is 7.13. The molecule has 0 amide bonds. The van der Waals surface area contributed by atoms with Gasteiger partial charge in [0.1, 0.15) is 0 Å². The van der Waals surface area contributed by atoms with E-state index < -0.39 is 5.78 Å². The summed E-state index contributed by atoms with van der Waals surface area (Å²) in [6, 6.07) is 5.48. The predicted octanol–water partition coefficient (Wildman–Crippen LogP) is 1.69. The highest BCUT2D eigenvalue weighted by molar-refractivity contribution is 6.33. The molecule has 0 saturated carbocycles. The molecule has 0 heterocycles. The number of Topliss-reactive ketones (excluding diaryl/α,β-unsaturated/α-hetero) is 1. The predicted molar refractivity (Wildman–Crippen MR) is 46.3 cm³/mol. The summed E-state index contributed by atoms with van der Waals surface area (Å²) in [5, 5.41) is 0. The molecule has 1 rings (SSSR count). The van der Waals surface area contributed by atoms with Gasteiger partial charge in [0.25, 0.3) is 0 Å². The number of aldehydes is 1. The summed E-state index contributed by atoms with van der Waals surface area (Å²) >= 11 is 0. The summed E-state index contributed by atoms with van der Waals surface area (Å²) < 4.78 is 0. The summed E-state index contributed by atoms with van der Waals surface area (Å²) in [5.74, 6) is -0.448. The number of hydrogen-bond donors (Lipinski definition) is 0. The second-order valence-corrected chi connectivity index (χ2v) is 2.80. The molecule has 0 bridgehead atoms. The smallest absolute Gasteiger partial charge is 0.225 e. The molecule has 0 N–H and O–H groups in total. The first-order chi connectivity index (χ1) is 5.65. The molecule has 0 radical (unpaired) electrons. The van der Waals surface area contributed by atoms with Crippen LogP contribution in [-0.2, 0) is 4.79 Å². The van der Waals surface area contributed by atoms with E-state index in [0.29, 0.717) is 11.8 Å². The molecule has 2 heteroatoms. The Bertz CT molecular complexity index is 327. The number of aryl methyl sites for hydroxylation is 2. The van der Waals surface area contributed by atoms with Crippen LogP contribution in [0.2, 0.25) is 0 Å². The Morgan fingerprint density at radius 3 is 2.58 bits per heavy atom. The molecule has 0 atom stereocenters. The van der Waals surface area contributed by atoms with Crippen molar-refractivity contribution >= 4 is 12.1 Å². The van der Waals surface area contributed by atoms with Crippen molar-refractivity contribution in [3.8, 4) is 0 Å². The molecule has 2 nitrogen and oxygen atoms in total. The molecule has 1 aromatic rings. The standard InChI is InChI=1S/C10H10O2/c1-7-3-4-8(2)9(5-7)10(12)6-11/h3-6H,1-2H3. The topological polar surface area (TPSA) is 34.1 Å². The van der Waals surface area contributed by atoms with Crippen molar-refractivity contribution in [3.63, 3.8) is 0 Å². The van der Waals surface area contributed by atoms with Crippen LogP contribution in [0.15, 0.2) is 18.2 Å². The normalized spacial score (nSPS) is 9.50. The Morgan fingerprint density at radius 1 is 1.33 bits per heavy atom. The number of carbonyl (C=O) groups is 2. The van der Waals surface area contributed by atoms with Gasteiger partial charge in [-0.2, -0.15) is 0 Å². The second-order valence-electron chi connectivity index (χ2n) is 2.80. The van der Waals surface area contributed by atoms with Crippen LogP contribution in [0.1, 0.15) is 21.5 Å². The third kappa shape index (κ3) is 1.59. The third-order valence-electron chi connectivity index (χ3n) is 1.77. The van der Waals surface area contributed by atoms with E-state index in [4.69, 9.17) is 0 Å². The van der Waals surface area contributed by atoms with E-state index in [2.05, 4.69) is 0 Å². The summed E-state index contributed by atoms with van der Waals surface area (Å²) in [4.78, 5) is 21.2. The molecule has 62 valence electrons. The zero-order valence-corrected chi connectivity index (χ0v) is 7.13. The first kappa shape index (κ1) is 8.65. The van der Waals surface area contributed by atoms with Gasteiger partial charge in [0.15, 0.2) is 6.29 Å². The Kier molecular flexibility index (Phi) is 2.38. The summed E-state index contributed by atoms with van der Waals surface area (Å²) in [6.07, 6.45) is 0.349. The van der Waals surface area contributed by atoms with Crippen LogP contribution in [0.3, 0.4) is 0 Å². The van der Waals surface area contributed by atoms with E-state index in [1.165, 1.54) is 0 Å². The van der Waals surface area contributed by atoms with Crippen LogP contribution in [0.5, 0.6) is 0 Å². The number of ketones is 1. The summed E-state index contributed by atoms with van der Waals surface area (Å²) in [5.41, 5.74) is 2.34. The molecule has 0 spiro atoms. The van der Waals surface area contributed by atoms with Gasteiger partial charge in [0.2, 0.25) is 5.78 Å². The number of hydrogen-bond acceptors (Lipinski definition) is 2. The van der Waals surface area contributed by atoms with Gasteiger partial charge in [-0.3, -0.25) is 9.59 Å². The van der Waals surface area contributed by atoms with Crippen molar-refractivity contribution in [2.24, 2.45) is 0 Å². The highest BCUT2D eigenvalue weighted by Crippen LogP contribution is 2.10. The highest BCUT2D eigenvalue weighted by Gasteiger charge is 2.06.